The second kappa shape index (κ2) is 10.9. The van der Waals surface area contributed by atoms with E-state index >= 15 is 0 Å². The quantitative estimate of drug-likeness (QED) is 0.300. The average Bonchev–Trinajstić information content (AvgIpc) is 2.76. The summed E-state index contributed by atoms with van der Waals surface area (Å²) in [6, 6.07) is 19.3. The van der Waals surface area contributed by atoms with Gasteiger partial charge >= 0.3 is 0 Å². The molecule has 3 rings (SSSR count). The van der Waals surface area contributed by atoms with Crippen molar-refractivity contribution in [2.75, 3.05) is 0 Å². The standard InChI is InChI=1S/C19H15N3O2S.C2H6/c23-16(14-8-3-1-4-9-14)18(25-19-20-12-7-13-21-19)22-17(24)15-10-5-2-6-11-15;1-2/h1-13,18H,(H,22,24);1-2H3. The summed E-state index contributed by atoms with van der Waals surface area (Å²) in [7, 11) is 0. The Kier molecular flexibility index (Phi) is 8.19. The van der Waals surface area contributed by atoms with Gasteiger partial charge in [-0.1, -0.05) is 74.1 Å². The Hall–Kier alpha value is -2.99. The summed E-state index contributed by atoms with van der Waals surface area (Å²) in [5.74, 6) is -0.527. The molecule has 27 heavy (non-hydrogen) atoms. The molecule has 0 spiro atoms. The maximum Gasteiger partial charge on any atom is 0.252 e. The fourth-order valence-corrected chi connectivity index (χ4v) is 3.01. The van der Waals surface area contributed by atoms with Crippen molar-refractivity contribution in [1.82, 2.24) is 15.3 Å². The van der Waals surface area contributed by atoms with Gasteiger partial charge in [0.05, 0.1) is 0 Å². The number of hydrogen-bond acceptors (Lipinski definition) is 5. The van der Waals surface area contributed by atoms with Gasteiger partial charge in [0.1, 0.15) is 5.37 Å². The molecule has 1 amide bonds. The van der Waals surface area contributed by atoms with Crippen LogP contribution in [0.5, 0.6) is 0 Å². The molecule has 0 fully saturated rings. The van der Waals surface area contributed by atoms with Crippen molar-refractivity contribution in [3.05, 3.63) is 90.3 Å². The monoisotopic (exact) mass is 379 g/mol. The van der Waals surface area contributed by atoms with Gasteiger partial charge < -0.3 is 5.32 Å². The SMILES string of the molecule is CC.O=C(NC(Sc1ncccn1)C(=O)c1ccccc1)c1ccccc1. The molecule has 0 saturated carbocycles. The van der Waals surface area contributed by atoms with Crippen LogP contribution in [-0.2, 0) is 0 Å². The van der Waals surface area contributed by atoms with Gasteiger partial charge in [0.25, 0.3) is 5.91 Å². The number of thioether (sulfide) groups is 1. The number of aromatic nitrogens is 2. The molecule has 0 bridgehead atoms. The second-order valence-corrected chi connectivity index (χ2v) is 6.17. The van der Waals surface area contributed by atoms with Gasteiger partial charge in [0.2, 0.25) is 0 Å². The molecule has 1 atom stereocenters. The van der Waals surface area contributed by atoms with Crippen LogP contribution < -0.4 is 5.32 Å². The first kappa shape index (κ1) is 20.3. The van der Waals surface area contributed by atoms with Gasteiger partial charge in [-0.05, 0) is 18.2 Å². The molecule has 0 saturated heterocycles. The molecule has 1 N–H and O–H groups in total. The van der Waals surface area contributed by atoms with E-state index < -0.39 is 5.37 Å². The fourth-order valence-electron chi connectivity index (χ4n) is 2.15. The van der Waals surface area contributed by atoms with Gasteiger partial charge in [0.15, 0.2) is 10.9 Å². The van der Waals surface area contributed by atoms with Crippen LogP contribution in [0.4, 0.5) is 0 Å². The normalized spacial score (nSPS) is 10.9. The van der Waals surface area contributed by atoms with Crippen molar-refractivity contribution in [1.29, 1.82) is 0 Å². The van der Waals surface area contributed by atoms with Crippen molar-refractivity contribution in [3.8, 4) is 0 Å². The topological polar surface area (TPSA) is 72.0 Å². The minimum absolute atomic E-state index is 0.206. The number of hydrogen-bond donors (Lipinski definition) is 1. The van der Waals surface area contributed by atoms with E-state index in [0.717, 1.165) is 11.8 Å². The minimum atomic E-state index is -0.822. The van der Waals surface area contributed by atoms with Crippen LogP contribution in [0.3, 0.4) is 0 Å². The molecular formula is C21H21N3O2S. The highest BCUT2D eigenvalue weighted by Crippen LogP contribution is 2.21. The summed E-state index contributed by atoms with van der Waals surface area (Å²) in [5.41, 5.74) is 1.01. The first-order valence-corrected chi connectivity index (χ1v) is 9.51. The lowest BCUT2D eigenvalue weighted by Gasteiger charge is -2.16. The lowest BCUT2D eigenvalue weighted by molar-refractivity contribution is 0.0892. The zero-order valence-corrected chi connectivity index (χ0v) is 16.0. The number of ketones is 1. The van der Waals surface area contributed by atoms with Crippen LogP contribution >= 0.6 is 11.8 Å². The maximum absolute atomic E-state index is 12.8. The van der Waals surface area contributed by atoms with Crippen LogP contribution in [0, 0.1) is 0 Å². The van der Waals surface area contributed by atoms with Crippen molar-refractivity contribution in [2.45, 2.75) is 24.4 Å². The number of nitrogens with zero attached hydrogens (tertiary/aromatic N) is 2. The second-order valence-electron chi connectivity index (χ2n) is 5.10. The molecule has 1 heterocycles. The van der Waals surface area contributed by atoms with Crippen LogP contribution in [-0.4, -0.2) is 27.0 Å². The molecule has 5 nitrogen and oxygen atoms in total. The Labute approximate surface area is 163 Å². The minimum Gasteiger partial charge on any atom is -0.333 e. The van der Waals surface area contributed by atoms with Gasteiger partial charge in [0, 0.05) is 23.5 Å². The molecule has 1 unspecified atom stereocenters. The molecule has 1 aromatic heterocycles. The highest BCUT2D eigenvalue weighted by Gasteiger charge is 2.24. The highest BCUT2D eigenvalue weighted by molar-refractivity contribution is 8.00. The van der Waals surface area contributed by atoms with Crippen LogP contribution in [0.2, 0.25) is 0 Å². The third kappa shape index (κ3) is 6.04. The zero-order chi connectivity index (χ0) is 19.5. The molecule has 138 valence electrons. The van der Waals surface area contributed by atoms with Gasteiger partial charge in [-0.2, -0.15) is 0 Å². The van der Waals surface area contributed by atoms with Crippen LogP contribution in [0.1, 0.15) is 34.6 Å². The predicted molar refractivity (Wildman–Crippen MR) is 108 cm³/mol. The number of nitrogens with one attached hydrogen (secondary N) is 1. The summed E-state index contributed by atoms with van der Waals surface area (Å²) in [5, 5.41) is 2.37. The van der Waals surface area contributed by atoms with E-state index in [-0.39, 0.29) is 11.7 Å². The van der Waals surface area contributed by atoms with Gasteiger partial charge in [-0.15, -0.1) is 0 Å². The summed E-state index contributed by atoms with van der Waals surface area (Å²) in [4.78, 5) is 33.5. The molecular weight excluding hydrogens is 358 g/mol. The Balaban J connectivity index is 0.00000126. The number of rotatable bonds is 6. The molecule has 3 aromatic rings. The number of carbonyl (C=O) groups is 2. The van der Waals surface area contributed by atoms with Crippen molar-refractivity contribution in [2.24, 2.45) is 0 Å². The third-order valence-corrected chi connectivity index (χ3v) is 4.35. The molecule has 2 aromatic carbocycles. The molecule has 0 aliphatic rings. The first-order chi connectivity index (χ1) is 13.2. The number of Topliss-reactive ketones (excluding diaryl/α,β-unsaturated/α-hetero) is 1. The van der Waals surface area contributed by atoms with E-state index in [4.69, 9.17) is 0 Å². The van der Waals surface area contributed by atoms with E-state index in [1.54, 1.807) is 67.0 Å². The maximum atomic E-state index is 12.8. The van der Waals surface area contributed by atoms with E-state index in [0.29, 0.717) is 16.3 Å². The Morgan fingerprint density at radius 2 is 1.33 bits per heavy atom. The first-order valence-electron chi connectivity index (χ1n) is 8.63. The number of carbonyl (C=O) groups excluding carboxylic acids is 2. The van der Waals surface area contributed by atoms with E-state index in [1.807, 2.05) is 26.0 Å². The van der Waals surface area contributed by atoms with E-state index in [2.05, 4.69) is 15.3 Å². The van der Waals surface area contributed by atoms with Crippen LogP contribution in [0.25, 0.3) is 0 Å². The largest absolute Gasteiger partial charge is 0.333 e. The van der Waals surface area contributed by atoms with E-state index in [9.17, 15) is 9.59 Å². The summed E-state index contributed by atoms with van der Waals surface area (Å²) in [6.45, 7) is 4.00. The molecule has 0 radical (unpaired) electrons. The average molecular weight is 379 g/mol. The van der Waals surface area contributed by atoms with E-state index in [1.165, 1.54) is 0 Å². The van der Waals surface area contributed by atoms with Gasteiger partial charge in [-0.25, -0.2) is 9.97 Å². The molecule has 0 aliphatic carbocycles. The van der Waals surface area contributed by atoms with Gasteiger partial charge in [-0.3, -0.25) is 9.59 Å². The molecule has 0 aliphatic heterocycles. The summed E-state index contributed by atoms with van der Waals surface area (Å²) in [6.07, 6.45) is 3.19. The zero-order valence-electron chi connectivity index (χ0n) is 15.2. The Morgan fingerprint density at radius 1 is 0.815 bits per heavy atom. The summed E-state index contributed by atoms with van der Waals surface area (Å²) < 4.78 is 0. The predicted octanol–water partition coefficient (Wildman–Crippen LogP) is 4.23. The Morgan fingerprint density at radius 3 is 1.89 bits per heavy atom. The lowest BCUT2D eigenvalue weighted by Crippen LogP contribution is -2.38. The van der Waals surface area contributed by atoms with Crippen molar-refractivity contribution in [3.63, 3.8) is 0 Å². The van der Waals surface area contributed by atoms with Crippen molar-refractivity contribution < 1.29 is 9.59 Å². The van der Waals surface area contributed by atoms with Crippen molar-refractivity contribution >= 4 is 23.5 Å². The highest BCUT2D eigenvalue weighted by atomic mass is 32.2. The fraction of sp³-hybridized carbons (Fsp3) is 0.143. The number of benzene rings is 2. The summed E-state index contributed by atoms with van der Waals surface area (Å²) >= 11 is 1.11. The van der Waals surface area contributed by atoms with Crippen LogP contribution in [0.15, 0.2) is 84.3 Å². The third-order valence-electron chi connectivity index (χ3n) is 3.36. The smallest absolute Gasteiger partial charge is 0.252 e. The number of amides is 1. The Bertz CT molecular complexity index is 843. The lowest BCUT2D eigenvalue weighted by atomic mass is 10.1. The molecule has 6 heteroatoms.